The summed E-state index contributed by atoms with van der Waals surface area (Å²) in [5.74, 6) is -0.0111. The van der Waals surface area contributed by atoms with Gasteiger partial charge in [-0.25, -0.2) is 0 Å². The van der Waals surface area contributed by atoms with Gasteiger partial charge in [0.25, 0.3) is 0 Å². The van der Waals surface area contributed by atoms with E-state index < -0.39 is 0 Å². The lowest BCUT2D eigenvalue weighted by Gasteiger charge is -2.51. The van der Waals surface area contributed by atoms with Gasteiger partial charge in [0.05, 0.1) is 0 Å². The van der Waals surface area contributed by atoms with Crippen molar-refractivity contribution in [3.05, 3.63) is 5.89 Å². The van der Waals surface area contributed by atoms with Gasteiger partial charge in [-0.3, -0.25) is 9.69 Å². The second kappa shape index (κ2) is 5.78. The lowest BCUT2D eigenvalue weighted by atomic mass is 9.79. The molecule has 1 saturated heterocycles. The third-order valence-electron chi connectivity index (χ3n) is 5.58. The molecule has 1 N–H and O–H groups in total. The first-order valence-corrected chi connectivity index (χ1v) is 8.77. The normalized spacial score (nSPS) is 24.8. The highest BCUT2D eigenvalue weighted by Crippen LogP contribution is 2.36. The van der Waals surface area contributed by atoms with Crippen LogP contribution in [0.25, 0.3) is 0 Å². The molecule has 1 aromatic heterocycles. The number of aromatic nitrogens is 2. The van der Waals surface area contributed by atoms with Gasteiger partial charge in [-0.1, -0.05) is 24.4 Å². The summed E-state index contributed by atoms with van der Waals surface area (Å²) in [4.78, 5) is 17.1. The summed E-state index contributed by atoms with van der Waals surface area (Å²) < 4.78 is 5.51. The lowest BCUT2D eigenvalue weighted by molar-refractivity contribution is -0.00622. The molecule has 0 unspecified atom stereocenters. The maximum Gasteiger partial charge on any atom is 0.316 e. The van der Waals surface area contributed by atoms with Crippen molar-refractivity contribution in [2.24, 2.45) is 0 Å². The molecule has 0 radical (unpaired) electrons. The Kier molecular flexibility index (Phi) is 3.75. The Labute approximate surface area is 136 Å². The van der Waals surface area contributed by atoms with E-state index in [1.165, 1.54) is 32.1 Å². The summed E-state index contributed by atoms with van der Waals surface area (Å²) in [5, 5.41) is 11.0. The number of carbonyl (C=O) groups is 1. The molecule has 4 rings (SSSR count). The first-order chi connectivity index (χ1) is 11.2. The van der Waals surface area contributed by atoms with Crippen LogP contribution in [0.2, 0.25) is 0 Å². The number of likely N-dealkylation sites (N-methyl/N-ethyl adjacent to an activating group) is 1. The third-order valence-corrected chi connectivity index (χ3v) is 5.58. The summed E-state index contributed by atoms with van der Waals surface area (Å²) in [7, 11) is 2.19. The Bertz CT molecular complexity index is 577. The number of hydrogen-bond donors (Lipinski definition) is 1. The van der Waals surface area contributed by atoms with Crippen LogP contribution in [0, 0.1) is 0 Å². The van der Waals surface area contributed by atoms with Crippen LogP contribution in [0.5, 0.6) is 0 Å². The third kappa shape index (κ3) is 2.94. The molecule has 1 spiro atoms. The van der Waals surface area contributed by atoms with Gasteiger partial charge in [-0.2, -0.15) is 0 Å². The minimum Gasteiger partial charge on any atom is -0.399 e. The second-order valence-electron chi connectivity index (χ2n) is 7.26. The molecule has 3 aliphatic rings. The Balaban J connectivity index is 1.46. The van der Waals surface area contributed by atoms with Crippen LogP contribution >= 0.6 is 0 Å². The molecular formula is C16H25N5O2. The highest BCUT2D eigenvalue weighted by Gasteiger charge is 2.42. The van der Waals surface area contributed by atoms with Crippen LogP contribution in [-0.4, -0.2) is 64.2 Å². The Morgan fingerprint density at radius 2 is 2.00 bits per heavy atom. The Morgan fingerprint density at radius 3 is 2.74 bits per heavy atom. The van der Waals surface area contributed by atoms with Crippen molar-refractivity contribution in [3.63, 3.8) is 0 Å². The van der Waals surface area contributed by atoms with Crippen LogP contribution in [-0.2, 0) is 0 Å². The molecule has 3 fully saturated rings. The van der Waals surface area contributed by atoms with Gasteiger partial charge in [0.2, 0.25) is 0 Å². The quantitative estimate of drug-likeness (QED) is 0.914. The summed E-state index contributed by atoms with van der Waals surface area (Å²) in [5.41, 5.74) is 0.140. The molecule has 0 aromatic carbocycles. The van der Waals surface area contributed by atoms with Crippen LogP contribution in [0.15, 0.2) is 4.42 Å². The van der Waals surface area contributed by atoms with Crippen molar-refractivity contribution < 1.29 is 9.21 Å². The van der Waals surface area contributed by atoms with E-state index >= 15 is 0 Å². The maximum atomic E-state index is 12.7. The zero-order valence-corrected chi connectivity index (χ0v) is 13.8. The van der Waals surface area contributed by atoms with Gasteiger partial charge in [0.1, 0.15) is 0 Å². The largest absolute Gasteiger partial charge is 0.399 e. The molecule has 1 aromatic rings. The molecule has 0 atom stereocenters. The molecule has 1 amide bonds. The number of carbonyl (C=O) groups excluding carboxylic acids is 1. The van der Waals surface area contributed by atoms with Crippen molar-refractivity contribution >= 4 is 11.9 Å². The molecule has 23 heavy (non-hydrogen) atoms. The second-order valence-corrected chi connectivity index (χ2v) is 7.26. The van der Waals surface area contributed by atoms with Crippen molar-refractivity contribution in [2.75, 3.05) is 32.0 Å². The minimum atomic E-state index is -0.126. The van der Waals surface area contributed by atoms with Crippen LogP contribution in [0.3, 0.4) is 0 Å². The number of nitrogens with one attached hydrogen (secondary N) is 1. The molecule has 7 nitrogen and oxygen atoms in total. The predicted molar refractivity (Wildman–Crippen MR) is 85.3 cm³/mol. The topological polar surface area (TPSA) is 74.5 Å². The van der Waals surface area contributed by atoms with Gasteiger partial charge in [-0.15, -0.1) is 5.10 Å². The lowest BCUT2D eigenvalue weighted by Crippen LogP contribution is -2.62. The zero-order valence-electron chi connectivity index (χ0n) is 13.8. The van der Waals surface area contributed by atoms with Gasteiger partial charge >= 0.3 is 17.8 Å². The number of nitrogens with zero attached hydrogens (tertiary/aromatic N) is 4. The van der Waals surface area contributed by atoms with E-state index in [0.29, 0.717) is 12.1 Å². The molecule has 126 valence electrons. The van der Waals surface area contributed by atoms with Crippen LogP contribution in [0.4, 0.5) is 6.01 Å². The molecule has 2 aliphatic carbocycles. The fraction of sp³-hybridized carbons (Fsp3) is 0.812. The van der Waals surface area contributed by atoms with E-state index in [4.69, 9.17) is 4.42 Å². The van der Waals surface area contributed by atoms with Gasteiger partial charge < -0.3 is 14.6 Å². The Hall–Kier alpha value is -1.63. The summed E-state index contributed by atoms with van der Waals surface area (Å²) in [6.07, 6.45) is 8.42. The van der Waals surface area contributed by atoms with Crippen molar-refractivity contribution in [1.82, 2.24) is 20.0 Å². The van der Waals surface area contributed by atoms with Gasteiger partial charge in [0.15, 0.2) is 0 Å². The van der Waals surface area contributed by atoms with E-state index in [9.17, 15) is 4.79 Å². The maximum absolute atomic E-state index is 12.7. The van der Waals surface area contributed by atoms with Gasteiger partial charge in [-0.05, 0) is 32.7 Å². The first kappa shape index (κ1) is 14.9. The predicted octanol–water partition coefficient (Wildman–Crippen LogP) is 1.73. The van der Waals surface area contributed by atoms with Crippen molar-refractivity contribution in [1.29, 1.82) is 0 Å². The smallest absolute Gasteiger partial charge is 0.316 e. The fourth-order valence-electron chi connectivity index (χ4n) is 3.89. The van der Waals surface area contributed by atoms with Gasteiger partial charge in [0, 0.05) is 31.2 Å². The SMILES string of the molecule is CN1CCN(C(=O)c2nnc(NC3CC3)o2)CC12CCCCC2. The summed E-state index contributed by atoms with van der Waals surface area (Å²) in [6, 6.07) is 0.810. The van der Waals surface area contributed by atoms with Crippen molar-refractivity contribution in [2.45, 2.75) is 56.5 Å². The van der Waals surface area contributed by atoms with E-state index in [1.54, 1.807) is 0 Å². The van der Waals surface area contributed by atoms with E-state index in [-0.39, 0.29) is 17.3 Å². The van der Waals surface area contributed by atoms with E-state index in [2.05, 4.69) is 27.5 Å². The summed E-state index contributed by atoms with van der Waals surface area (Å²) >= 11 is 0. The average molecular weight is 319 g/mol. The number of hydrogen-bond acceptors (Lipinski definition) is 6. The van der Waals surface area contributed by atoms with Crippen LogP contribution in [0.1, 0.15) is 55.6 Å². The highest BCUT2D eigenvalue weighted by molar-refractivity contribution is 5.89. The number of amides is 1. The monoisotopic (exact) mass is 319 g/mol. The Morgan fingerprint density at radius 1 is 1.22 bits per heavy atom. The number of rotatable bonds is 3. The van der Waals surface area contributed by atoms with E-state index in [1.807, 2.05) is 4.90 Å². The summed E-state index contributed by atoms with van der Waals surface area (Å²) in [6.45, 7) is 2.41. The first-order valence-electron chi connectivity index (χ1n) is 8.77. The average Bonchev–Trinajstić information content (AvgIpc) is 3.26. The fourth-order valence-corrected chi connectivity index (χ4v) is 3.89. The van der Waals surface area contributed by atoms with Crippen LogP contribution < -0.4 is 5.32 Å². The number of piperazine rings is 1. The highest BCUT2D eigenvalue weighted by atomic mass is 16.4. The zero-order chi connectivity index (χ0) is 15.9. The molecule has 2 saturated carbocycles. The van der Waals surface area contributed by atoms with E-state index in [0.717, 1.165) is 32.5 Å². The van der Waals surface area contributed by atoms with Crippen molar-refractivity contribution in [3.8, 4) is 0 Å². The minimum absolute atomic E-state index is 0.115. The number of anilines is 1. The molecule has 1 aliphatic heterocycles. The molecule has 0 bridgehead atoms. The molecule has 2 heterocycles. The molecule has 7 heteroatoms. The standard InChI is InChI=1S/C16H25N5O2/c1-20-9-10-21(11-16(20)7-3-2-4-8-16)14(22)13-18-19-15(23-13)17-12-5-6-12/h12H,2-11H2,1H3,(H,17,19). The molecular weight excluding hydrogens is 294 g/mol.